The topological polar surface area (TPSA) is 90.8 Å². The first-order valence-corrected chi connectivity index (χ1v) is 11.6. The lowest BCUT2D eigenvalue weighted by Gasteiger charge is -2.22. The summed E-state index contributed by atoms with van der Waals surface area (Å²) < 4.78 is 53.5. The van der Waals surface area contributed by atoms with Crippen LogP contribution >= 0.6 is 11.6 Å². The molecule has 7 nitrogen and oxygen atoms in total. The van der Waals surface area contributed by atoms with Gasteiger partial charge in [0.25, 0.3) is 5.91 Å². The van der Waals surface area contributed by atoms with E-state index in [4.69, 9.17) is 11.6 Å². The van der Waals surface area contributed by atoms with Gasteiger partial charge in [-0.05, 0) is 23.3 Å². The summed E-state index contributed by atoms with van der Waals surface area (Å²) in [5, 5.41) is 10.8. The number of carbonyl (C=O) groups is 1. The molecule has 0 radical (unpaired) electrons. The lowest BCUT2D eigenvalue weighted by molar-refractivity contribution is 0.0814. The Morgan fingerprint density at radius 3 is 2.59 bits per heavy atom. The minimum Gasteiger partial charge on any atom is -0.505 e. The van der Waals surface area contributed by atoms with Crippen molar-refractivity contribution < 1.29 is 27.1 Å². The van der Waals surface area contributed by atoms with Crippen LogP contribution in [-0.2, 0) is 23.0 Å². The zero-order valence-electron chi connectivity index (χ0n) is 17.3. The first kappa shape index (κ1) is 22.2. The minimum atomic E-state index is -3.73. The van der Waals surface area contributed by atoms with Crippen molar-refractivity contribution in [3.8, 4) is 5.75 Å². The molecule has 0 atom stereocenters. The van der Waals surface area contributed by atoms with Gasteiger partial charge >= 0.3 is 0 Å². The van der Waals surface area contributed by atoms with Crippen LogP contribution in [0.3, 0.4) is 0 Å². The fourth-order valence-corrected chi connectivity index (χ4v) is 4.57. The molecule has 32 heavy (non-hydrogen) atoms. The summed E-state index contributed by atoms with van der Waals surface area (Å²) in [7, 11) is -0.849. The van der Waals surface area contributed by atoms with Crippen molar-refractivity contribution in [2.45, 2.75) is 13.0 Å². The van der Waals surface area contributed by atoms with Gasteiger partial charge in [0, 0.05) is 50.3 Å². The number of pyridine rings is 1. The SMILES string of the molecule is CN1Cc2c(c(O)c3ncc(Cc4cc(Cl)c(F)cc4F)cc3c2N(C)S(C)(=O)=O)C1=O. The van der Waals surface area contributed by atoms with Crippen molar-refractivity contribution >= 4 is 44.1 Å². The molecule has 0 fully saturated rings. The van der Waals surface area contributed by atoms with E-state index in [0.29, 0.717) is 17.2 Å². The molecule has 1 amide bonds. The average molecular weight is 482 g/mol. The highest BCUT2D eigenvalue weighted by molar-refractivity contribution is 7.92. The van der Waals surface area contributed by atoms with Crippen LogP contribution in [0.5, 0.6) is 5.75 Å². The first-order valence-electron chi connectivity index (χ1n) is 9.39. The lowest BCUT2D eigenvalue weighted by atomic mass is 9.98. The number of carbonyl (C=O) groups excluding carboxylic acids is 1. The highest BCUT2D eigenvalue weighted by Gasteiger charge is 2.35. The Morgan fingerprint density at radius 2 is 1.94 bits per heavy atom. The number of halogens is 3. The summed E-state index contributed by atoms with van der Waals surface area (Å²) in [6.45, 7) is 0.0965. The Morgan fingerprint density at radius 1 is 1.25 bits per heavy atom. The number of rotatable bonds is 4. The molecule has 0 saturated heterocycles. The van der Waals surface area contributed by atoms with Crippen LogP contribution in [0.15, 0.2) is 24.4 Å². The first-order chi connectivity index (χ1) is 14.9. The summed E-state index contributed by atoms with van der Waals surface area (Å²) in [6.07, 6.45) is 2.39. The van der Waals surface area contributed by atoms with E-state index in [-0.39, 0.29) is 51.5 Å². The predicted octanol–water partition coefficient (Wildman–Crippen LogP) is 3.44. The van der Waals surface area contributed by atoms with E-state index in [1.165, 1.54) is 31.3 Å². The number of hydrogen-bond donors (Lipinski definition) is 1. The van der Waals surface area contributed by atoms with Gasteiger partial charge in [0.15, 0.2) is 5.75 Å². The smallest absolute Gasteiger partial charge is 0.258 e. The molecule has 0 unspecified atom stereocenters. The van der Waals surface area contributed by atoms with E-state index in [9.17, 15) is 27.1 Å². The van der Waals surface area contributed by atoms with E-state index >= 15 is 0 Å². The van der Waals surface area contributed by atoms with Gasteiger partial charge in [-0.15, -0.1) is 0 Å². The van der Waals surface area contributed by atoms with Crippen LogP contribution in [0, 0.1) is 11.6 Å². The minimum absolute atomic E-state index is 0.00195. The third kappa shape index (κ3) is 3.53. The normalized spacial score (nSPS) is 13.7. The van der Waals surface area contributed by atoms with Crippen LogP contribution in [0.4, 0.5) is 14.5 Å². The van der Waals surface area contributed by atoms with Crippen LogP contribution in [0.2, 0.25) is 5.02 Å². The highest BCUT2D eigenvalue weighted by Crippen LogP contribution is 2.44. The molecule has 168 valence electrons. The molecule has 0 bridgehead atoms. The second-order valence-electron chi connectivity index (χ2n) is 7.72. The summed E-state index contributed by atoms with van der Waals surface area (Å²) in [6, 6.07) is 3.43. The Kier molecular flexibility index (Phi) is 5.25. The van der Waals surface area contributed by atoms with Crippen LogP contribution in [0.1, 0.15) is 27.0 Å². The third-order valence-corrected chi connectivity index (χ3v) is 6.97. The van der Waals surface area contributed by atoms with E-state index in [0.717, 1.165) is 10.6 Å². The van der Waals surface area contributed by atoms with Gasteiger partial charge in [-0.25, -0.2) is 17.2 Å². The summed E-state index contributed by atoms with van der Waals surface area (Å²) in [5.41, 5.74) is 1.20. The second-order valence-corrected chi connectivity index (χ2v) is 10.1. The van der Waals surface area contributed by atoms with Crippen LogP contribution in [-0.4, -0.2) is 49.7 Å². The largest absolute Gasteiger partial charge is 0.505 e. The number of fused-ring (bicyclic) bond motifs is 2. The number of phenolic OH excluding ortho intramolecular Hbond substituents is 1. The Hall–Kier alpha value is -2.98. The Balaban J connectivity index is 1.97. The summed E-state index contributed by atoms with van der Waals surface area (Å²) in [5.74, 6) is -2.46. The van der Waals surface area contributed by atoms with Gasteiger partial charge in [0.2, 0.25) is 10.0 Å². The van der Waals surface area contributed by atoms with Gasteiger partial charge in [-0.1, -0.05) is 11.6 Å². The molecule has 2 aromatic carbocycles. The van der Waals surface area contributed by atoms with E-state index in [1.807, 2.05) is 0 Å². The van der Waals surface area contributed by atoms with Crippen molar-refractivity contribution in [2.75, 3.05) is 24.7 Å². The second kappa shape index (κ2) is 7.56. The number of aromatic nitrogens is 1. The molecule has 11 heteroatoms. The number of benzene rings is 2. The maximum Gasteiger partial charge on any atom is 0.258 e. The van der Waals surface area contributed by atoms with Gasteiger partial charge in [0.05, 0.1) is 22.5 Å². The average Bonchev–Trinajstić information content (AvgIpc) is 3.00. The van der Waals surface area contributed by atoms with Gasteiger partial charge in [0.1, 0.15) is 17.2 Å². The third-order valence-electron chi connectivity index (χ3n) is 5.50. The molecular formula is C21H18ClF2N3O4S. The fraction of sp³-hybridized carbons (Fsp3) is 0.238. The molecule has 0 saturated carbocycles. The number of phenols is 1. The van der Waals surface area contributed by atoms with Crippen molar-refractivity contribution in [3.05, 3.63) is 63.3 Å². The zero-order chi connectivity index (χ0) is 23.5. The lowest BCUT2D eigenvalue weighted by Crippen LogP contribution is -2.26. The number of nitrogens with zero attached hydrogens (tertiary/aromatic N) is 3. The maximum absolute atomic E-state index is 14.2. The van der Waals surface area contributed by atoms with Crippen molar-refractivity contribution in [2.24, 2.45) is 0 Å². The van der Waals surface area contributed by atoms with Gasteiger partial charge in [-0.3, -0.25) is 14.1 Å². The highest BCUT2D eigenvalue weighted by atomic mass is 35.5. The van der Waals surface area contributed by atoms with Crippen molar-refractivity contribution in [1.29, 1.82) is 0 Å². The summed E-state index contributed by atoms with van der Waals surface area (Å²) >= 11 is 5.78. The summed E-state index contributed by atoms with van der Waals surface area (Å²) in [4.78, 5) is 18.2. The molecule has 4 rings (SSSR count). The quantitative estimate of drug-likeness (QED) is 0.576. The Labute approximate surface area is 187 Å². The molecule has 0 spiro atoms. The maximum atomic E-state index is 14.2. The molecule has 3 aromatic rings. The monoisotopic (exact) mass is 481 g/mol. The van der Waals surface area contributed by atoms with Crippen molar-refractivity contribution in [1.82, 2.24) is 9.88 Å². The molecule has 1 N–H and O–H groups in total. The van der Waals surface area contributed by atoms with Crippen LogP contribution in [0.25, 0.3) is 10.9 Å². The standard InChI is InChI=1S/C21H18ClF2N3O4S/c1-26-9-13-17(21(26)29)20(28)18-12(19(13)27(2)32(3,30)31)5-10(8-25-18)4-11-6-14(22)16(24)7-15(11)23/h5-8,28H,4,9H2,1-3H3. The predicted molar refractivity (Wildman–Crippen MR) is 117 cm³/mol. The Bertz CT molecular complexity index is 1410. The molecule has 1 aliphatic rings. The number of amides is 1. The van der Waals surface area contributed by atoms with E-state index < -0.39 is 27.6 Å². The molecule has 1 aliphatic heterocycles. The molecule has 0 aliphatic carbocycles. The van der Waals surface area contributed by atoms with Crippen molar-refractivity contribution in [3.63, 3.8) is 0 Å². The molecular weight excluding hydrogens is 464 g/mol. The van der Waals surface area contributed by atoms with Gasteiger partial charge in [-0.2, -0.15) is 0 Å². The molecule has 2 heterocycles. The zero-order valence-corrected chi connectivity index (χ0v) is 18.9. The fourth-order valence-electron chi connectivity index (χ4n) is 3.84. The van der Waals surface area contributed by atoms with Crippen LogP contribution < -0.4 is 4.31 Å². The van der Waals surface area contributed by atoms with E-state index in [1.54, 1.807) is 6.07 Å². The molecule has 1 aromatic heterocycles. The van der Waals surface area contributed by atoms with E-state index in [2.05, 4.69) is 4.98 Å². The number of aromatic hydroxyl groups is 1. The number of anilines is 1. The number of hydrogen-bond acceptors (Lipinski definition) is 5. The number of sulfonamides is 1. The van der Waals surface area contributed by atoms with Gasteiger partial charge < -0.3 is 10.0 Å².